The first-order valence-corrected chi connectivity index (χ1v) is 9.36. The maximum Gasteiger partial charge on any atom is 0.191 e. The number of unbranched alkanes of at least 4 members (excludes halogenated alkanes) is 1. The highest BCUT2D eigenvalue weighted by atomic mass is 32.2. The van der Waals surface area contributed by atoms with Crippen LogP contribution >= 0.6 is 11.8 Å². The Labute approximate surface area is 139 Å². The summed E-state index contributed by atoms with van der Waals surface area (Å²) in [5.41, 5.74) is 1.24. The average Bonchev–Trinajstić information content (AvgIpc) is 2.53. The topological polar surface area (TPSA) is 45.7 Å². The van der Waals surface area contributed by atoms with E-state index in [1.54, 1.807) is 0 Å². The number of benzene rings is 1. The SMILES string of the molecule is CCNC(=NCCCCSC)NCCOc1ccc(C)cc1. The van der Waals surface area contributed by atoms with Gasteiger partial charge in [0.1, 0.15) is 12.4 Å². The fraction of sp³-hybridized carbons (Fsp3) is 0.588. The third-order valence-electron chi connectivity index (χ3n) is 3.05. The molecule has 0 heterocycles. The van der Waals surface area contributed by atoms with Crippen molar-refractivity contribution in [1.82, 2.24) is 10.6 Å². The lowest BCUT2D eigenvalue weighted by Gasteiger charge is -2.12. The van der Waals surface area contributed by atoms with Crippen LogP contribution in [-0.4, -0.2) is 44.2 Å². The standard InChI is InChI=1S/C17H29N3OS/c1-4-18-17(19-11-5-6-14-22-3)20-12-13-21-16-9-7-15(2)8-10-16/h7-10H,4-6,11-14H2,1-3H3,(H2,18,19,20). The number of ether oxygens (including phenoxy) is 1. The fourth-order valence-corrected chi connectivity index (χ4v) is 2.36. The second-order valence-corrected chi connectivity index (χ2v) is 6.03. The third kappa shape index (κ3) is 8.82. The van der Waals surface area contributed by atoms with Crippen LogP contribution in [-0.2, 0) is 0 Å². The minimum Gasteiger partial charge on any atom is -0.492 e. The minimum absolute atomic E-state index is 0.625. The van der Waals surface area contributed by atoms with Crippen molar-refractivity contribution in [2.75, 3.05) is 38.2 Å². The Morgan fingerprint density at radius 1 is 1.18 bits per heavy atom. The monoisotopic (exact) mass is 323 g/mol. The molecule has 0 amide bonds. The molecule has 1 rings (SSSR count). The molecule has 0 aliphatic heterocycles. The van der Waals surface area contributed by atoms with Gasteiger partial charge >= 0.3 is 0 Å². The summed E-state index contributed by atoms with van der Waals surface area (Å²) < 4.78 is 5.70. The number of rotatable bonds is 10. The van der Waals surface area contributed by atoms with Crippen LogP contribution in [0, 0.1) is 6.92 Å². The van der Waals surface area contributed by atoms with E-state index >= 15 is 0 Å². The first-order valence-electron chi connectivity index (χ1n) is 7.97. The Bertz CT molecular complexity index is 420. The van der Waals surface area contributed by atoms with Gasteiger partial charge in [0, 0.05) is 13.1 Å². The number of thioether (sulfide) groups is 1. The zero-order valence-corrected chi connectivity index (χ0v) is 14.8. The highest BCUT2D eigenvalue weighted by molar-refractivity contribution is 7.98. The van der Waals surface area contributed by atoms with E-state index in [2.05, 4.69) is 47.9 Å². The van der Waals surface area contributed by atoms with E-state index in [4.69, 9.17) is 4.74 Å². The minimum atomic E-state index is 0.625. The molecule has 0 aliphatic carbocycles. The highest BCUT2D eigenvalue weighted by Gasteiger charge is 1.97. The molecule has 0 atom stereocenters. The molecule has 0 fully saturated rings. The van der Waals surface area contributed by atoms with Crippen molar-refractivity contribution in [3.05, 3.63) is 29.8 Å². The van der Waals surface area contributed by atoms with Crippen LogP contribution in [0.4, 0.5) is 0 Å². The summed E-state index contributed by atoms with van der Waals surface area (Å²) in [6, 6.07) is 8.12. The van der Waals surface area contributed by atoms with E-state index in [-0.39, 0.29) is 0 Å². The molecular formula is C17H29N3OS. The Balaban J connectivity index is 2.22. The van der Waals surface area contributed by atoms with Crippen molar-refractivity contribution in [1.29, 1.82) is 0 Å². The van der Waals surface area contributed by atoms with Crippen molar-refractivity contribution in [2.24, 2.45) is 4.99 Å². The molecule has 2 N–H and O–H groups in total. The highest BCUT2D eigenvalue weighted by Crippen LogP contribution is 2.10. The van der Waals surface area contributed by atoms with Crippen molar-refractivity contribution in [3.8, 4) is 5.75 Å². The molecule has 5 heteroatoms. The van der Waals surface area contributed by atoms with Crippen LogP contribution < -0.4 is 15.4 Å². The molecule has 124 valence electrons. The average molecular weight is 324 g/mol. The number of hydrogen-bond acceptors (Lipinski definition) is 3. The van der Waals surface area contributed by atoms with Crippen molar-refractivity contribution < 1.29 is 4.74 Å². The molecule has 4 nitrogen and oxygen atoms in total. The Kier molecular flexibility index (Phi) is 10.4. The van der Waals surface area contributed by atoms with Gasteiger partial charge in [0.05, 0.1) is 6.54 Å². The molecular weight excluding hydrogens is 294 g/mol. The van der Waals surface area contributed by atoms with E-state index in [0.29, 0.717) is 6.61 Å². The number of hydrogen-bond donors (Lipinski definition) is 2. The number of aliphatic imine (C=N–C) groups is 1. The van der Waals surface area contributed by atoms with Gasteiger partial charge in [0.15, 0.2) is 5.96 Å². The molecule has 0 bridgehead atoms. The Hall–Kier alpha value is -1.36. The first-order chi connectivity index (χ1) is 10.8. The summed E-state index contributed by atoms with van der Waals surface area (Å²) in [5, 5.41) is 6.56. The zero-order valence-electron chi connectivity index (χ0n) is 14.0. The second-order valence-electron chi connectivity index (χ2n) is 5.05. The van der Waals surface area contributed by atoms with E-state index in [1.807, 2.05) is 23.9 Å². The maximum atomic E-state index is 5.70. The Morgan fingerprint density at radius 3 is 2.64 bits per heavy atom. The van der Waals surface area contributed by atoms with Gasteiger partial charge in [0.2, 0.25) is 0 Å². The molecule has 1 aromatic carbocycles. The smallest absolute Gasteiger partial charge is 0.191 e. The summed E-state index contributed by atoms with van der Waals surface area (Å²) in [6.07, 6.45) is 4.50. The first kappa shape index (κ1) is 18.7. The van der Waals surface area contributed by atoms with E-state index in [1.165, 1.54) is 17.7 Å². The van der Waals surface area contributed by atoms with E-state index < -0.39 is 0 Å². The van der Waals surface area contributed by atoms with Crippen LogP contribution in [0.2, 0.25) is 0 Å². The molecule has 0 saturated heterocycles. The molecule has 0 aliphatic rings. The molecule has 0 unspecified atom stereocenters. The predicted molar refractivity (Wildman–Crippen MR) is 98.3 cm³/mol. The zero-order chi connectivity index (χ0) is 16.0. The van der Waals surface area contributed by atoms with Crippen molar-refractivity contribution in [2.45, 2.75) is 26.7 Å². The number of nitrogens with one attached hydrogen (secondary N) is 2. The normalized spacial score (nSPS) is 11.3. The van der Waals surface area contributed by atoms with Gasteiger partial charge in [-0.25, -0.2) is 0 Å². The van der Waals surface area contributed by atoms with Gasteiger partial charge in [-0.2, -0.15) is 11.8 Å². The molecule has 0 radical (unpaired) electrons. The van der Waals surface area contributed by atoms with E-state index in [0.717, 1.165) is 37.8 Å². The molecule has 0 saturated carbocycles. The largest absolute Gasteiger partial charge is 0.492 e. The summed E-state index contributed by atoms with van der Waals surface area (Å²) in [7, 11) is 0. The van der Waals surface area contributed by atoms with Crippen LogP contribution in [0.3, 0.4) is 0 Å². The van der Waals surface area contributed by atoms with Crippen LogP contribution in [0.5, 0.6) is 5.75 Å². The van der Waals surface area contributed by atoms with Gasteiger partial charge in [-0.15, -0.1) is 0 Å². The van der Waals surface area contributed by atoms with Crippen LogP contribution in [0.15, 0.2) is 29.3 Å². The molecule has 0 aromatic heterocycles. The summed E-state index contributed by atoms with van der Waals surface area (Å²) >= 11 is 1.89. The fourth-order valence-electron chi connectivity index (χ4n) is 1.86. The summed E-state index contributed by atoms with van der Waals surface area (Å²) in [4.78, 5) is 4.57. The summed E-state index contributed by atoms with van der Waals surface area (Å²) in [5.74, 6) is 3.00. The van der Waals surface area contributed by atoms with Gasteiger partial charge in [-0.1, -0.05) is 17.7 Å². The number of guanidine groups is 1. The number of aryl methyl sites for hydroxylation is 1. The van der Waals surface area contributed by atoms with Gasteiger partial charge in [-0.3, -0.25) is 4.99 Å². The van der Waals surface area contributed by atoms with Crippen molar-refractivity contribution in [3.63, 3.8) is 0 Å². The second kappa shape index (κ2) is 12.2. The lowest BCUT2D eigenvalue weighted by atomic mass is 10.2. The molecule has 22 heavy (non-hydrogen) atoms. The predicted octanol–water partition coefficient (Wildman–Crippen LogP) is 3.07. The lowest BCUT2D eigenvalue weighted by molar-refractivity contribution is 0.322. The van der Waals surface area contributed by atoms with Gasteiger partial charge in [-0.05, 0) is 50.8 Å². The molecule has 0 spiro atoms. The van der Waals surface area contributed by atoms with Crippen LogP contribution in [0.1, 0.15) is 25.3 Å². The van der Waals surface area contributed by atoms with Crippen LogP contribution in [0.25, 0.3) is 0 Å². The Morgan fingerprint density at radius 2 is 1.95 bits per heavy atom. The van der Waals surface area contributed by atoms with E-state index in [9.17, 15) is 0 Å². The molecule has 1 aromatic rings. The summed E-state index contributed by atoms with van der Waals surface area (Å²) in [6.45, 7) is 7.26. The quantitative estimate of drug-likeness (QED) is 0.395. The lowest BCUT2D eigenvalue weighted by Crippen LogP contribution is -2.39. The van der Waals surface area contributed by atoms with Gasteiger partial charge < -0.3 is 15.4 Å². The maximum absolute atomic E-state index is 5.70. The third-order valence-corrected chi connectivity index (χ3v) is 3.75. The number of nitrogens with zero attached hydrogens (tertiary/aromatic N) is 1. The van der Waals surface area contributed by atoms with Gasteiger partial charge in [0.25, 0.3) is 0 Å². The van der Waals surface area contributed by atoms with Crippen molar-refractivity contribution >= 4 is 17.7 Å².